The Balaban J connectivity index is 2.12. The van der Waals surface area contributed by atoms with Crippen molar-refractivity contribution in [2.24, 2.45) is 0 Å². The number of carbonyl (C=O) groups excluding carboxylic acids is 2. The third-order valence-electron chi connectivity index (χ3n) is 2.86. The summed E-state index contributed by atoms with van der Waals surface area (Å²) in [4.78, 5) is 24.0. The number of amides is 3. The molecular formula is C9H14N2O3. The molecule has 2 aliphatic rings. The highest BCUT2D eigenvalue weighted by Crippen LogP contribution is 2.27. The highest BCUT2D eigenvalue weighted by molar-refractivity contribution is 6.02. The minimum atomic E-state index is -0.311. The van der Waals surface area contributed by atoms with Crippen molar-refractivity contribution in [1.29, 1.82) is 0 Å². The normalized spacial score (nSPS) is 33.4. The average Bonchev–Trinajstić information content (AvgIpc) is 2.47. The lowest BCUT2D eigenvalue weighted by Crippen LogP contribution is -2.53. The van der Waals surface area contributed by atoms with Crippen molar-refractivity contribution in [3.8, 4) is 0 Å². The first-order valence-corrected chi connectivity index (χ1v) is 4.81. The Morgan fingerprint density at radius 2 is 2.29 bits per heavy atom. The van der Waals surface area contributed by atoms with Gasteiger partial charge in [-0.15, -0.1) is 0 Å². The molecule has 0 bridgehead atoms. The maximum absolute atomic E-state index is 11.4. The van der Waals surface area contributed by atoms with Crippen LogP contribution in [0.4, 0.5) is 4.79 Å². The molecule has 0 aromatic carbocycles. The molecule has 0 aliphatic carbocycles. The number of carbonyl (C=O) groups is 2. The van der Waals surface area contributed by atoms with Crippen LogP contribution in [0.2, 0.25) is 0 Å². The van der Waals surface area contributed by atoms with Crippen molar-refractivity contribution in [1.82, 2.24) is 10.2 Å². The van der Waals surface area contributed by atoms with Crippen molar-refractivity contribution in [2.75, 3.05) is 19.8 Å². The molecule has 2 rings (SSSR count). The molecule has 5 nitrogen and oxygen atoms in total. The molecular weight excluding hydrogens is 184 g/mol. The minimum Gasteiger partial charge on any atom is -0.379 e. The zero-order chi connectivity index (χ0) is 10.2. The summed E-state index contributed by atoms with van der Waals surface area (Å²) in [5.74, 6) is -0.221. The van der Waals surface area contributed by atoms with Crippen molar-refractivity contribution in [3.63, 3.8) is 0 Å². The molecule has 78 valence electrons. The second-order valence-corrected chi connectivity index (χ2v) is 4.09. The van der Waals surface area contributed by atoms with Gasteiger partial charge in [0.25, 0.3) is 0 Å². The standard InChI is InChI=1S/C9H14N2O3/c1-9(3-2-4-14-6-9)11-5-7(12)10-8(11)13/h2-6H2,1H3,(H,10,12,13). The van der Waals surface area contributed by atoms with E-state index < -0.39 is 0 Å². The lowest BCUT2D eigenvalue weighted by Gasteiger charge is -2.40. The van der Waals surface area contributed by atoms with E-state index in [1.54, 1.807) is 4.90 Å². The molecule has 2 fully saturated rings. The third kappa shape index (κ3) is 1.48. The largest absolute Gasteiger partial charge is 0.379 e. The quantitative estimate of drug-likeness (QED) is 0.608. The minimum absolute atomic E-state index is 0.165. The van der Waals surface area contributed by atoms with Gasteiger partial charge in [-0.05, 0) is 19.8 Å². The van der Waals surface area contributed by atoms with Gasteiger partial charge in [-0.2, -0.15) is 0 Å². The van der Waals surface area contributed by atoms with E-state index in [0.717, 1.165) is 19.4 Å². The maximum atomic E-state index is 11.4. The first-order chi connectivity index (χ1) is 6.62. The number of hydrogen-bond acceptors (Lipinski definition) is 3. The Morgan fingerprint density at radius 3 is 2.79 bits per heavy atom. The molecule has 1 atom stereocenters. The van der Waals surface area contributed by atoms with Gasteiger partial charge in [-0.1, -0.05) is 0 Å². The van der Waals surface area contributed by atoms with Gasteiger partial charge in [0.2, 0.25) is 5.91 Å². The Labute approximate surface area is 82.4 Å². The first-order valence-electron chi connectivity index (χ1n) is 4.81. The number of nitrogens with zero attached hydrogens (tertiary/aromatic N) is 1. The van der Waals surface area contributed by atoms with E-state index in [2.05, 4.69) is 5.32 Å². The summed E-state index contributed by atoms with van der Waals surface area (Å²) < 4.78 is 5.35. The summed E-state index contributed by atoms with van der Waals surface area (Å²) in [7, 11) is 0. The van der Waals surface area contributed by atoms with Crippen molar-refractivity contribution < 1.29 is 14.3 Å². The third-order valence-corrected chi connectivity index (χ3v) is 2.86. The maximum Gasteiger partial charge on any atom is 0.325 e. The predicted molar refractivity (Wildman–Crippen MR) is 48.7 cm³/mol. The van der Waals surface area contributed by atoms with Crippen LogP contribution in [0.25, 0.3) is 0 Å². The van der Waals surface area contributed by atoms with Gasteiger partial charge in [0, 0.05) is 6.61 Å². The van der Waals surface area contributed by atoms with Gasteiger partial charge in [0.1, 0.15) is 6.54 Å². The summed E-state index contributed by atoms with van der Waals surface area (Å²) >= 11 is 0. The van der Waals surface area contributed by atoms with Crippen molar-refractivity contribution in [2.45, 2.75) is 25.3 Å². The fourth-order valence-corrected chi connectivity index (χ4v) is 2.01. The van der Waals surface area contributed by atoms with E-state index >= 15 is 0 Å². The second kappa shape index (κ2) is 3.24. The van der Waals surface area contributed by atoms with E-state index in [9.17, 15) is 9.59 Å². The van der Waals surface area contributed by atoms with Gasteiger partial charge in [0.05, 0.1) is 12.1 Å². The van der Waals surface area contributed by atoms with E-state index in [4.69, 9.17) is 4.74 Å². The molecule has 5 heteroatoms. The van der Waals surface area contributed by atoms with Crippen LogP contribution in [0.1, 0.15) is 19.8 Å². The molecule has 3 amide bonds. The molecule has 1 N–H and O–H groups in total. The first kappa shape index (κ1) is 9.45. The number of ether oxygens (including phenoxy) is 1. The van der Waals surface area contributed by atoms with E-state index in [1.807, 2.05) is 6.92 Å². The fraction of sp³-hybridized carbons (Fsp3) is 0.778. The van der Waals surface area contributed by atoms with Gasteiger partial charge in [0.15, 0.2) is 0 Å². The van der Waals surface area contributed by atoms with Crippen LogP contribution in [-0.2, 0) is 9.53 Å². The lowest BCUT2D eigenvalue weighted by molar-refractivity contribution is -0.119. The van der Waals surface area contributed by atoms with E-state index in [1.165, 1.54) is 0 Å². The Hall–Kier alpha value is -1.10. The molecule has 1 unspecified atom stereocenters. The highest BCUT2D eigenvalue weighted by Gasteiger charge is 2.42. The van der Waals surface area contributed by atoms with Gasteiger partial charge >= 0.3 is 6.03 Å². The van der Waals surface area contributed by atoms with E-state index in [-0.39, 0.29) is 24.0 Å². The zero-order valence-corrected chi connectivity index (χ0v) is 8.21. The molecule has 2 aliphatic heterocycles. The van der Waals surface area contributed by atoms with Crippen LogP contribution in [0, 0.1) is 0 Å². The second-order valence-electron chi connectivity index (χ2n) is 4.09. The number of urea groups is 1. The summed E-state index contributed by atoms with van der Waals surface area (Å²) in [5.41, 5.74) is -0.311. The van der Waals surface area contributed by atoms with Gasteiger partial charge in [-0.3, -0.25) is 10.1 Å². The summed E-state index contributed by atoms with van der Waals surface area (Å²) in [6.07, 6.45) is 1.84. The molecule has 0 spiro atoms. The molecule has 2 saturated heterocycles. The number of hydrogen-bond donors (Lipinski definition) is 1. The monoisotopic (exact) mass is 198 g/mol. The molecule has 0 aromatic rings. The molecule has 14 heavy (non-hydrogen) atoms. The topological polar surface area (TPSA) is 58.6 Å². The Bertz CT molecular complexity index is 271. The fourth-order valence-electron chi connectivity index (χ4n) is 2.01. The number of nitrogens with one attached hydrogen (secondary N) is 1. The lowest BCUT2D eigenvalue weighted by atomic mass is 9.93. The van der Waals surface area contributed by atoms with Crippen molar-refractivity contribution >= 4 is 11.9 Å². The summed E-state index contributed by atoms with van der Waals surface area (Å²) in [5, 5.41) is 2.28. The smallest absolute Gasteiger partial charge is 0.325 e. The zero-order valence-electron chi connectivity index (χ0n) is 8.21. The van der Waals surface area contributed by atoms with Gasteiger partial charge in [-0.25, -0.2) is 4.79 Å². The molecule has 0 radical (unpaired) electrons. The number of imide groups is 1. The summed E-state index contributed by atoms with van der Waals surface area (Å²) in [6.45, 7) is 3.40. The van der Waals surface area contributed by atoms with Crippen molar-refractivity contribution in [3.05, 3.63) is 0 Å². The Kier molecular flexibility index (Phi) is 2.19. The molecule has 0 aromatic heterocycles. The van der Waals surface area contributed by atoms with Crippen LogP contribution in [-0.4, -0.2) is 42.1 Å². The van der Waals surface area contributed by atoms with Crippen LogP contribution >= 0.6 is 0 Å². The van der Waals surface area contributed by atoms with Crippen LogP contribution < -0.4 is 5.32 Å². The van der Waals surface area contributed by atoms with E-state index in [0.29, 0.717) is 6.61 Å². The Morgan fingerprint density at radius 1 is 1.50 bits per heavy atom. The molecule has 2 heterocycles. The summed E-state index contributed by atoms with van der Waals surface area (Å²) in [6, 6.07) is -0.289. The molecule has 0 saturated carbocycles. The van der Waals surface area contributed by atoms with Gasteiger partial charge < -0.3 is 9.64 Å². The average molecular weight is 198 g/mol. The SMILES string of the molecule is CC1(N2CC(=O)NC2=O)CCCOC1. The van der Waals surface area contributed by atoms with Crippen LogP contribution in [0.15, 0.2) is 0 Å². The predicted octanol–water partition coefficient (Wildman–Crippen LogP) is 0.107. The van der Waals surface area contributed by atoms with Crippen LogP contribution in [0.3, 0.4) is 0 Å². The highest BCUT2D eigenvalue weighted by atomic mass is 16.5. The number of rotatable bonds is 1. The van der Waals surface area contributed by atoms with Crippen LogP contribution in [0.5, 0.6) is 0 Å².